The van der Waals surface area contributed by atoms with Crippen molar-refractivity contribution in [1.82, 2.24) is 15.1 Å². The van der Waals surface area contributed by atoms with Crippen molar-refractivity contribution in [3.8, 4) is 0 Å². The summed E-state index contributed by atoms with van der Waals surface area (Å²) < 4.78 is 2.20. The lowest BCUT2D eigenvalue weighted by Crippen LogP contribution is -2.22. The van der Waals surface area contributed by atoms with Crippen molar-refractivity contribution in [3.63, 3.8) is 0 Å². The third-order valence-corrected chi connectivity index (χ3v) is 3.55. The van der Waals surface area contributed by atoms with Crippen LogP contribution in [0.15, 0.2) is 12.3 Å². The molecule has 0 spiro atoms. The fraction of sp³-hybridized carbons (Fsp3) is 0.786. The molecule has 3 heteroatoms. The van der Waals surface area contributed by atoms with Crippen LogP contribution in [0.4, 0.5) is 0 Å². The predicted molar refractivity (Wildman–Crippen MR) is 70.9 cm³/mol. The smallest absolute Gasteiger partial charge is 0.0762 e. The Bertz CT molecular complexity index is 322. The van der Waals surface area contributed by atoms with Crippen LogP contribution in [0.3, 0.4) is 0 Å². The van der Waals surface area contributed by atoms with Crippen molar-refractivity contribution in [3.05, 3.63) is 18.0 Å². The molecule has 1 fully saturated rings. The van der Waals surface area contributed by atoms with E-state index in [-0.39, 0.29) is 0 Å². The minimum Gasteiger partial charge on any atom is -0.309 e. The van der Waals surface area contributed by atoms with Gasteiger partial charge in [0.2, 0.25) is 0 Å². The molecule has 0 unspecified atom stereocenters. The molecule has 0 saturated heterocycles. The average Bonchev–Trinajstić information content (AvgIpc) is 2.60. The summed E-state index contributed by atoms with van der Waals surface area (Å²) >= 11 is 0. The summed E-state index contributed by atoms with van der Waals surface area (Å²) in [5, 5.41) is 8.12. The number of rotatable bonds is 4. The molecule has 1 heterocycles. The van der Waals surface area contributed by atoms with Crippen LogP contribution in [0.2, 0.25) is 0 Å². The number of hydrogen-bond donors (Lipinski definition) is 1. The summed E-state index contributed by atoms with van der Waals surface area (Å²) in [6.45, 7) is 5.22. The van der Waals surface area contributed by atoms with Gasteiger partial charge in [0.05, 0.1) is 11.7 Å². The molecule has 1 saturated carbocycles. The molecule has 0 amide bonds. The van der Waals surface area contributed by atoms with Gasteiger partial charge in [0.25, 0.3) is 0 Å². The Labute approximate surface area is 105 Å². The van der Waals surface area contributed by atoms with Crippen molar-refractivity contribution in [2.75, 3.05) is 0 Å². The van der Waals surface area contributed by atoms with Gasteiger partial charge in [-0.3, -0.25) is 4.68 Å². The van der Waals surface area contributed by atoms with Crippen molar-refractivity contribution in [2.24, 2.45) is 0 Å². The molecule has 1 aliphatic carbocycles. The van der Waals surface area contributed by atoms with Gasteiger partial charge >= 0.3 is 0 Å². The molecule has 0 bridgehead atoms. The van der Waals surface area contributed by atoms with Crippen LogP contribution in [-0.4, -0.2) is 15.8 Å². The topological polar surface area (TPSA) is 29.9 Å². The van der Waals surface area contributed by atoms with Gasteiger partial charge in [0.15, 0.2) is 0 Å². The number of nitrogens with one attached hydrogen (secondary N) is 1. The van der Waals surface area contributed by atoms with Gasteiger partial charge in [-0.1, -0.05) is 39.5 Å². The lowest BCUT2D eigenvalue weighted by atomic mass is 10.1. The first-order valence-corrected chi connectivity index (χ1v) is 7.03. The van der Waals surface area contributed by atoms with Crippen LogP contribution in [0.1, 0.15) is 64.1 Å². The maximum atomic E-state index is 4.70. The fourth-order valence-corrected chi connectivity index (χ4v) is 2.51. The van der Waals surface area contributed by atoms with Crippen molar-refractivity contribution >= 4 is 0 Å². The molecular formula is C14H25N3. The van der Waals surface area contributed by atoms with Gasteiger partial charge in [-0.2, -0.15) is 5.10 Å². The van der Waals surface area contributed by atoms with Gasteiger partial charge in [-0.25, -0.2) is 0 Å². The van der Waals surface area contributed by atoms with E-state index in [1.807, 2.05) is 0 Å². The fourth-order valence-electron chi connectivity index (χ4n) is 2.51. The standard InChI is InChI=1S/C14H25N3/c1-12(2)15-11-13-9-10-17(16-13)14-7-5-3-4-6-8-14/h9-10,12,14-15H,3-8,11H2,1-2H3. The molecule has 1 aliphatic rings. The maximum Gasteiger partial charge on any atom is 0.0762 e. The second-order valence-corrected chi connectivity index (χ2v) is 5.47. The molecule has 1 aromatic heterocycles. The molecular weight excluding hydrogens is 210 g/mol. The van der Waals surface area contributed by atoms with Gasteiger partial charge < -0.3 is 5.32 Å². The van der Waals surface area contributed by atoms with Crippen LogP contribution in [0.25, 0.3) is 0 Å². The summed E-state index contributed by atoms with van der Waals surface area (Å²) in [6.07, 6.45) is 10.3. The van der Waals surface area contributed by atoms with E-state index in [9.17, 15) is 0 Å². The quantitative estimate of drug-likeness (QED) is 0.812. The molecule has 17 heavy (non-hydrogen) atoms. The van der Waals surface area contributed by atoms with Gasteiger partial charge in [-0.15, -0.1) is 0 Å². The predicted octanol–water partition coefficient (Wildman–Crippen LogP) is 3.28. The van der Waals surface area contributed by atoms with Gasteiger partial charge in [-0.05, 0) is 18.9 Å². The summed E-state index contributed by atoms with van der Waals surface area (Å²) in [5.74, 6) is 0. The van der Waals surface area contributed by atoms with Gasteiger partial charge in [0.1, 0.15) is 0 Å². The minimum absolute atomic E-state index is 0.526. The third kappa shape index (κ3) is 3.84. The monoisotopic (exact) mass is 235 g/mol. The second kappa shape index (κ2) is 6.20. The molecule has 96 valence electrons. The number of nitrogens with zero attached hydrogens (tertiary/aromatic N) is 2. The highest BCUT2D eigenvalue weighted by Crippen LogP contribution is 2.26. The van der Waals surface area contributed by atoms with Crippen LogP contribution < -0.4 is 5.32 Å². The summed E-state index contributed by atoms with van der Waals surface area (Å²) in [5.41, 5.74) is 1.17. The largest absolute Gasteiger partial charge is 0.309 e. The molecule has 0 atom stereocenters. The first-order valence-electron chi connectivity index (χ1n) is 7.03. The normalized spacial score (nSPS) is 18.5. The van der Waals surface area contributed by atoms with E-state index in [1.54, 1.807) is 0 Å². The second-order valence-electron chi connectivity index (χ2n) is 5.47. The van der Waals surface area contributed by atoms with Crippen LogP contribution in [0.5, 0.6) is 0 Å². The lowest BCUT2D eigenvalue weighted by Gasteiger charge is -2.14. The molecule has 0 radical (unpaired) electrons. The van der Waals surface area contributed by atoms with Crippen molar-refractivity contribution in [1.29, 1.82) is 0 Å². The molecule has 2 rings (SSSR count). The minimum atomic E-state index is 0.526. The highest BCUT2D eigenvalue weighted by Gasteiger charge is 2.14. The van der Waals surface area contributed by atoms with Crippen molar-refractivity contribution < 1.29 is 0 Å². The van der Waals surface area contributed by atoms with E-state index < -0.39 is 0 Å². The number of aromatic nitrogens is 2. The zero-order chi connectivity index (χ0) is 12.1. The zero-order valence-corrected chi connectivity index (χ0v) is 11.2. The average molecular weight is 235 g/mol. The molecule has 0 aliphatic heterocycles. The Hall–Kier alpha value is -0.830. The summed E-state index contributed by atoms with van der Waals surface area (Å²) in [7, 11) is 0. The molecule has 1 N–H and O–H groups in total. The Morgan fingerprint density at radius 2 is 2.00 bits per heavy atom. The Morgan fingerprint density at radius 3 is 2.65 bits per heavy atom. The van der Waals surface area contributed by atoms with Crippen molar-refractivity contribution in [2.45, 2.75) is 71.0 Å². The summed E-state index contributed by atoms with van der Waals surface area (Å²) in [6, 6.07) is 3.32. The molecule has 0 aromatic carbocycles. The van der Waals surface area contributed by atoms with Crippen LogP contribution in [0, 0.1) is 0 Å². The first kappa shape index (κ1) is 12.6. The first-order chi connectivity index (χ1) is 8.25. The van der Waals surface area contributed by atoms with E-state index in [0.717, 1.165) is 6.54 Å². The zero-order valence-electron chi connectivity index (χ0n) is 11.2. The van der Waals surface area contributed by atoms with E-state index in [0.29, 0.717) is 12.1 Å². The van der Waals surface area contributed by atoms with E-state index in [1.165, 1.54) is 44.2 Å². The Balaban J connectivity index is 1.92. The Kier molecular flexibility index (Phi) is 4.60. The lowest BCUT2D eigenvalue weighted by molar-refractivity contribution is 0.401. The maximum absolute atomic E-state index is 4.70. The summed E-state index contributed by atoms with van der Waals surface area (Å²) in [4.78, 5) is 0. The van der Waals surface area contributed by atoms with Crippen LogP contribution >= 0.6 is 0 Å². The molecule has 3 nitrogen and oxygen atoms in total. The Morgan fingerprint density at radius 1 is 1.29 bits per heavy atom. The van der Waals surface area contributed by atoms with E-state index in [4.69, 9.17) is 5.10 Å². The number of hydrogen-bond acceptors (Lipinski definition) is 2. The molecule has 1 aromatic rings. The van der Waals surface area contributed by atoms with Crippen LogP contribution in [-0.2, 0) is 6.54 Å². The van der Waals surface area contributed by atoms with E-state index >= 15 is 0 Å². The highest BCUT2D eigenvalue weighted by atomic mass is 15.3. The third-order valence-electron chi connectivity index (χ3n) is 3.55. The van der Waals surface area contributed by atoms with E-state index in [2.05, 4.69) is 36.1 Å². The highest BCUT2D eigenvalue weighted by molar-refractivity contribution is 4.99. The van der Waals surface area contributed by atoms with Gasteiger partial charge in [0, 0.05) is 18.8 Å². The SMILES string of the molecule is CC(C)NCc1ccn(C2CCCCCC2)n1.